The number of Topliss-reactive ketones (excluding diaryl/α,β-unsaturated/α-hetero) is 1. The van der Waals surface area contributed by atoms with Gasteiger partial charge in [0, 0.05) is 12.0 Å². The molecule has 0 aromatic heterocycles. The number of carbonyl (C=O) groups is 2. The number of hydrogen-bond acceptors (Lipinski definition) is 2. The molecule has 0 saturated carbocycles. The Labute approximate surface area is 192 Å². The molecular weight excluding hydrogens is 404 g/mol. The molecule has 0 bridgehead atoms. The van der Waals surface area contributed by atoms with E-state index in [0.29, 0.717) is 5.57 Å². The number of rotatable bonds is 3. The van der Waals surface area contributed by atoms with Gasteiger partial charge in [0.1, 0.15) is 0 Å². The Hall–Kier alpha value is -4.04. The van der Waals surface area contributed by atoms with Crippen LogP contribution in [0.3, 0.4) is 0 Å². The van der Waals surface area contributed by atoms with Crippen molar-refractivity contribution in [2.45, 2.75) is 18.3 Å². The van der Waals surface area contributed by atoms with E-state index in [0.717, 1.165) is 34.1 Å². The zero-order chi connectivity index (χ0) is 22.4. The van der Waals surface area contributed by atoms with Crippen molar-refractivity contribution in [3.8, 4) is 0 Å². The Bertz CT molecular complexity index is 1430. The summed E-state index contributed by atoms with van der Waals surface area (Å²) in [6.07, 6.45) is 6.81. The van der Waals surface area contributed by atoms with Crippen molar-refractivity contribution in [2.75, 3.05) is 0 Å². The maximum absolute atomic E-state index is 14.5. The van der Waals surface area contributed by atoms with Crippen LogP contribution in [0.15, 0.2) is 103 Å². The SMILES string of the molecule is O=C1C=C(c2ccc3cccc4c3c2C=CC4)C(=O)C(c2ccccc2)(c2ccccc2)C1. The van der Waals surface area contributed by atoms with Crippen molar-refractivity contribution < 1.29 is 9.59 Å². The number of carbonyl (C=O) groups excluding carboxylic acids is 2. The van der Waals surface area contributed by atoms with Gasteiger partial charge in [-0.2, -0.15) is 0 Å². The fraction of sp³-hybridized carbons (Fsp3) is 0.0968. The van der Waals surface area contributed by atoms with Gasteiger partial charge in [0.05, 0.1) is 5.41 Å². The molecule has 0 N–H and O–H groups in total. The van der Waals surface area contributed by atoms with Gasteiger partial charge in [-0.25, -0.2) is 0 Å². The molecule has 2 aliphatic carbocycles. The zero-order valence-electron chi connectivity index (χ0n) is 18.1. The smallest absolute Gasteiger partial charge is 0.178 e. The summed E-state index contributed by atoms with van der Waals surface area (Å²) in [4.78, 5) is 27.7. The largest absolute Gasteiger partial charge is 0.295 e. The second-order valence-electron chi connectivity index (χ2n) is 8.82. The van der Waals surface area contributed by atoms with Gasteiger partial charge in [0.15, 0.2) is 11.6 Å². The molecule has 0 fully saturated rings. The van der Waals surface area contributed by atoms with E-state index in [-0.39, 0.29) is 18.0 Å². The summed E-state index contributed by atoms with van der Waals surface area (Å²) in [5.74, 6) is -0.0516. The molecule has 4 aromatic carbocycles. The summed E-state index contributed by atoms with van der Waals surface area (Å²) < 4.78 is 0. The lowest BCUT2D eigenvalue weighted by molar-refractivity contribution is -0.124. The highest BCUT2D eigenvalue weighted by Gasteiger charge is 2.47. The third kappa shape index (κ3) is 2.95. The monoisotopic (exact) mass is 426 g/mol. The highest BCUT2D eigenvalue weighted by molar-refractivity contribution is 6.34. The first-order valence-electron chi connectivity index (χ1n) is 11.3. The highest BCUT2D eigenvalue weighted by atomic mass is 16.1. The molecule has 158 valence electrons. The van der Waals surface area contributed by atoms with Gasteiger partial charge in [-0.1, -0.05) is 103 Å². The Kier molecular flexibility index (Phi) is 4.48. The van der Waals surface area contributed by atoms with Gasteiger partial charge < -0.3 is 0 Å². The van der Waals surface area contributed by atoms with E-state index in [4.69, 9.17) is 0 Å². The summed E-state index contributed by atoms with van der Waals surface area (Å²) in [5, 5.41) is 2.33. The Morgan fingerprint density at radius 1 is 0.697 bits per heavy atom. The van der Waals surface area contributed by atoms with Gasteiger partial charge in [-0.15, -0.1) is 0 Å². The minimum Gasteiger partial charge on any atom is -0.295 e. The molecule has 0 aliphatic heterocycles. The molecular formula is C31H22O2. The number of allylic oxidation sites excluding steroid dienone is 3. The normalized spacial score (nSPS) is 16.7. The average Bonchev–Trinajstić information content (AvgIpc) is 2.87. The van der Waals surface area contributed by atoms with Crippen LogP contribution in [0.25, 0.3) is 22.4 Å². The van der Waals surface area contributed by atoms with Crippen LogP contribution < -0.4 is 0 Å². The van der Waals surface area contributed by atoms with Gasteiger partial charge in [0.2, 0.25) is 0 Å². The molecule has 0 spiro atoms. The first-order valence-corrected chi connectivity index (χ1v) is 11.3. The minimum atomic E-state index is -1.04. The van der Waals surface area contributed by atoms with Crippen molar-refractivity contribution in [1.82, 2.24) is 0 Å². The molecule has 33 heavy (non-hydrogen) atoms. The lowest BCUT2D eigenvalue weighted by atomic mass is 9.63. The van der Waals surface area contributed by atoms with Gasteiger partial charge >= 0.3 is 0 Å². The Morgan fingerprint density at radius 2 is 1.39 bits per heavy atom. The topological polar surface area (TPSA) is 34.1 Å². The molecule has 0 atom stereocenters. The van der Waals surface area contributed by atoms with E-state index in [2.05, 4.69) is 36.4 Å². The van der Waals surface area contributed by atoms with E-state index in [1.165, 1.54) is 10.9 Å². The number of ketones is 2. The first kappa shape index (κ1) is 19.6. The zero-order valence-corrected chi connectivity index (χ0v) is 18.1. The molecule has 4 aromatic rings. The van der Waals surface area contributed by atoms with E-state index >= 15 is 0 Å². The van der Waals surface area contributed by atoms with Gasteiger partial charge in [-0.3, -0.25) is 9.59 Å². The predicted molar refractivity (Wildman–Crippen MR) is 133 cm³/mol. The van der Waals surface area contributed by atoms with Crippen LogP contribution >= 0.6 is 0 Å². The van der Waals surface area contributed by atoms with Gasteiger partial charge in [0.25, 0.3) is 0 Å². The van der Waals surface area contributed by atoms with Crippen molar-refractivity contribution >= 4 is 34.0 Å². The van der Waals surface area contributed by atoms with Crippen LogP contribution in [0, 0.1) is 0 Å². The molecule has 0 radical (unpaired) electrons. The molecule has 0 unspecified atom stereocenters. The summed E-state index contributed by atoms with van der Waals surface area (Å²) in [6.45, 7) is 0. The van der Waals surface area contributed by atoms with Crippen LogP contribution in [0.5, 0.6) is 0 Å². The summed E-state index contributed by atoms with van der Waals surface area (Å²) in [5.41, 5.74) is 4.27. The van der Waals surface area contributed by atoms with Crippen molar-refractivity contribution in [3.63, 3.8) is 0 Å². The van der Waals surface area contributed by atoms with Crippen LogP contribution in [0.2, 0.25) is 0 Å². The summed E-state index contributed by atoms with van der Waals surface area (Å²) in [6, 6.07) is 29.8. The van der Waals surface area contributed by atoms with Crippen molar-refractivity contribution in [1.29, 1.82) is 0 Å². The molecule has 2 aliphatic rings. The molecule has 6 rings (SSSR count). The molecule has 2 heteroatoms. The summed E-state index contributed by atoms with van der Waals surface area (Å²) >= 11 is 0. The van der Waals surface area contributed by atoms with E-state index in [9.17, 15) is 9.59 Å². The quantitative estimate of drug-likeness (QED) is 0.384. The fourth-order valence-corrected chi connectivity index (χ4v) is 5.49. The molecule has 0 heterocycles. The van der Waals surface area contributed by atoms with Crippen molar-refractivity contribution in [3.05, 3.63) is 131 Å². The van der Waals surface area contributed by atoms with E-state index < -0.39 is 5.41 Å². The fourth-order valence-electron chi connectivity index (χ4n) is 5.49. The van der Waals surface area contributed by atoms with Gasteiger partial charge in [-0.05, 0) is 51.1 Å². The Morgan fingerprint density at radius 3 is 2.09 bits per heavy atom. The first-order chi connectivity index (χ1) is 16.2. The van der Waals surface area contributed by atoms with Crippen molar-refractivity contribution in [2.24, 2.45) is 0 Å². The van der Waals surface area contributed by atoms with Crippen LogP contribution in [0.4, 0.5) is 0 Å². The number of hydrogen-bond donors (Lipinski definition) is 0. The third-order valence-electron chi connectivity index (χ3n) is 6.99. The van der Waals surface area contributed by atoms with E-state index in [1.54, 1.807) is 6.08 Å². The lowest BCUT2D eigenvalue weighted by Gasteiger charge is -2.36. The summed E-state index contributed by atoms with van der Waals surface area (Å²) in [7, 11) is 0. The Balaban J connectivity index is 1.62. The molecule has 0 amide bonds. The average molecular weight is 427 g/mol. The van der Waals surface area contributed by atoms with Crippen LogP contribution in [-0.2, 0) is 21.4 Å². The van der Waals surface area contributed by atoms with Crippen LogP contribution in [0.1, 0.15) is 34.2 Å². The van der Waals surface area contributed by atoms with Crippen LogP contribution in [-0.4, -0.2) is 11.6 Å². The molecule has 0 saturated heterocycles. The maximum atomic E-state index is 14.5. The lowest BCUT2D eigenvalue weighted by Crippen LogP contribution is -2.42. The minimum absolute atomic E-state index is 0.0217. The second-order valence-corrected chi connectivity index (χ2v) is 8.82. The maximum Gasteiger partial charge on any atom is 0.178 e. The standard InChI is InChI=1S/C31H22O2/c32-25-19-28(26-18-17-22-10-7-9-21-11-8-16-27(26)29(21)22)30(33)31(20-25,23-12-3-1-4-13-23)24-14-5-2-6-15-24/h1-10,12-19H,11,20H2. The second kappa shape index (κ2) is 7.53. The predicted octanol–water partition coefficient (Wildman–Crippen LogP) is 6.32. The molecule has 2 nitrogen and oxygen atoms in total. The third-order valence-corrected chi connectivity index (χ3v) is 6.99. The number of benzene rings is 4. The van der Waals surface area contributed by atoms with E-state index in [1.807, 2.05) is 66.7 Å². The highest BCUT2D eigenvalue weighted by Crippen LogP contribution is 2.45.